The van der Waals surface area contributed by atoms with Crippen molar-refractivity contribution in [3.8, 4) is 0 Å². The molecule has 0 spiro atoms. The number of rotatable bonds is 4. The van der Waals surface area contributed by atoms with Crippen LogP contribution >= 0.6 is 0 Å². The van der Waals surface area contributed by atoms with Crippen LogP contribution in [0.2, 0.25) is 0 Å². The summed E-state index contributed by atoms with van der Waals surface area (Å²) in [5, 5.41) is 12.0. The van der Waals surface area contributed by atoms with E-state index in [-0.39, 0.29) is 0 Å². The highest BCUT2D eigenvalue weighted by Gasteiger charge is 2.34. The second-order valence-corrected chi connectivity index (χ2v) is 5.95. The lowest BCUT2D eigenvalue weighted by Gasteiger charge is -2.26. The molecule has 0 aromatic carbocycles. The van der Waals surface area contributed by atoms with Crippen LogP contribution in [-0.2, 0) is 6.54 Å². The van der Waals surface area contributed by atoms with E-state index in [1.807, 2.05) is 0 Å². The summed E-state index contributed by atoms with van der Waals surface area (Å²) >= 11 is 0. The smallest absolute Gasteiger partial charge is 0.151 e. The van der Waals surface area contributed by atoms with Crippen LogP contribution in [0.25, 0.3) is 0 Å². The summed E-state index contributed by atoms with van der Waals surface area (Å²) < 4.78 is 0. The number of hydrogen-bond donors (Lipinski definition) is 1. The zero-order chi connectivity index (χ0) is 13.9. The lowest BCUT2D eigenvalue weighted by Crippen LogP contribution is -2.37. The molecule has 5 heteroatoms. The predicted octanol–water partition coefficient (Wildman–Crippen LogP) is 1.26. The first-order valence-corrected chi connectivity index (χ1v) is 7.78. The van der Waals surface area contributed by atoms with E-state index in [9.17, 15) is 0 Å². The van der Waals surface area contributed by atoms with Crippen molar-refractivity contribution in [3.63, 3.8) is 0 Å². The Bertz CT molecular complexity index is 432. The molecule has 2 unspecified atom stereocenters. The Hall–Kier alpha value is -1.20. The van der Waals surface area contributed by atoms with Gasteiger partial charge in [0.2, 0.25) is 0 Å². The van der Waals surface area contributed by atoms with Gasteiger partial charge >= 0.3 is 0 Å². The molecule has 110 valence electrons. The van der Waals surface area contributed by atoms with Crippen LogP contribution in [0.3, 0.4) is 0 Å². The van der Waals surface area contributed by atoms with Crippen molar-refractivity contribution in [3.05, 3.63) is 17.8 Å². The number of aromatic nitrogens is 2. The van der Waals surface area contributed by atoms with Gasteiger partial charge in [-0.05, 0) is 45.0 Å². The lowest BCUT2D eigenvalue weighted by molar-refractivity contribution is 0.254. The molecule has 1 aromatic rings. The maximum absolute atomic E-state index is 4.42. The third-order valence-corrected chi connectivity index (χ3v) is 4.73. The first kappa shape index (κ1) is 13.8. The van der Waals surface area contributed by atoms with Crippen LogP contribution in [0.5, 0.6) is 0 Å². The van der Waals surface area contributed by atoms with Gasteiger partial charge in [-0.15, -0.1) is 5.10 Å². The zero-order valence-electron chi connectivity index (χ0n) is 12.5. The second kappa shape index (κ2) is 6.06. The molecule has 2 fully saturated rings. The zero-order valence-corrected chi connectivity index (χ0v) is 12.5. The van der Waals surface area contributed by atoms with Gasteiger partial charge in [0.1, 0.15) is 0 Å². The minimum atomic E-state index is 0.686. The Balaban J connectivity index is 1.67. The number of fused-ring (bicyclic) bond motifs is 2. The van der Waals surface area contributed by atoms with Gasteiger partial charge in [-0.25, -0.2) is 0 Å². The molecule has 2 atom stereocenters. The number of anilines is 1. The Morgan fingerprint density at radius 1 is 1.20 bits per heavy atom. The highest BCUT2D eigenvalue weighted by atomic mass is 15.3. The van der Waals surface area contributed by atoms with E-state index in [0.717, 1.165) is 43.7 Å². The van der Waals surface area contributed by atoms with Gasteiger partial charge < -0.3 is 10.2 Å². The largest absolute Gasteiger partial charge is 0.354 e. The molecule has 1 aromatic heterocycles. The SMILES string of the molecule is CCNCc1ccc(N2CCC3CCC(C2)N3C)nn1. The van der Waals surface area contributed by atoms with Gasteiger partial charge in [0.25, 0.3) is 0 Å². The molecular formula is C15H25N5. The van der Waals surface area contributed by atoms with Crippen LogP contribution in [-0.4, -0.2) is 53.9 Å². The Morgan fingerprint density at radius 2 is 2.05 bits per heavy atom. The van der Waals surface area contributed by atoms with E-state index in [0.29, 0.717) is 6.04 Å². The summed E-state index contributed by atoms with van der Waals surface area (Å²) in [5.74, 6) is 1.03. The third kappa shape index (κ3) is 2.79. The number of nitrogens with one attached hydrogen (secondary N) is 1. The maximum Gasteiger partial charge on any atom is 0.151 e. The quantitative estimate of drug-likeness (QED) is 0.896. The number of likely N-dealkylation sites (N-methyl/N-ethyl adjacent to an activating group) is 1. The van der Waals surface area contributed by atoms with Crippen molar-refractivity contribution < 1.29 is 0 Å². The number of nitrogens with zero attached hydrogens (tertiary/aromatic N) is 4. The Labute approximate surface area is 121 Å². The monoisotopic (exact) mass is 275 g/mol. The lowest BCUT2D eigenvalue weighted by atomic mass is 10.1. The average Bonchev–Trinajstić information content (AvgIpc) is 2.71. The van der Waals surface area contributed by atoms with E-state index in [2.05, 4.69) is 51.4 Å². The number of hydrogen-bond acceptors (Lipinski definition) is 5. The minimum absolute atomic E-state index is 0.686. The summed E-state index contributed by atoms with van der Waals surface area (Å²) in [6.07, 6.45) is 3.93. The molecule has 0 amide bonds. The van der Waals surface area contributed by atoms with E-state index in [1.165, 1.54) is 19.3 Å². The van der Waals surface area contributed by atoms with Crippen molar-refractivity contribution in [2.75, 3.05) is 31.6 Å². The molecule has 0 radical (unpaired) electrons. The van der Waals surface area contributed by atoms with Gasteiger partial charge in [-0.3, -0.25) is 4.90 Å². The van der Waals surface area contributed by atoms with Crippen molar-refractivity contribution >= 4 is 5.82 Å². The van der Waals surface area contributed by atoms with Crippen molar-refractivity contribution in [1.82, 2.24) is 20.4 Å². The molecule has 1 N–H and O–H groups in total. The Kier molecular flexibility index (Phi) is 4.17. The molecule has 3 heterocycles. The molecule has 2 aliphatic rings. The van der Waals surface area contributed by atoms with E-state index in [1.54, 1.807) is 0 Å². The molecule has 2 aliphatic heterocycles. The van der Waals surface area contributed by atoms with E-state index >= 15 is 0 Å². The first-order chi connectivity index (χ1) is 9.78. The fourth-order valence-electron chi connectivity index (χ4n) is 3.39. The fraction of sp³-hybridized carbons (Fsp3) is 0.733. The molecule has 2 bridgehead atoms. The van der Waals surface area contributed by atoms with Crippen LogP contribution in [0.4, 0.5) is 5.82 Å². The van der Waals surface area contributed by atoms with Crippen molar-refractivity contribution in [2.24, 2.45) is 0 Å². The summed E-state index contributed by atoms with van der Waals surface area (Å²) in [7, 11) is 2.27. The summed E-state index contributed by atoms with van der Waals surface area (Å²) in [4.78, 5) is 4.97. The maximum atomic E-state index is 4.42. The second-order valence-electron chi connectivity index (χ2n) is 5.95. The van der Waals surface area contributed by atoms with Gasteiger partial charge in [0, 0.05) is 31.7 Å². The normalized spacial score (nSPS) is 26.8. The molecule has 2 saturated heterocycles. The molecule has 0 saturated carbocycles. The topological polar surface area (TPSA) is 44.3 Å². The molecule has 5 nitrogen and oxygen atoms in total. The summed E-state index contributed by atoms with van der Waals surface area (Å²) in [5.41, 5.74) is 1.02. The van der Waals surface area contributed by atoms with Crippen LogP contribution in [0.15, 0.2) is 12.1 Å². The van der Waals surface area contributed by atoms with Crippen LogP contribution in [0.1, 0.15) is 31.9 Å². The third-order valence-electron chi connectivity index (χ3n) is 4.73. The van der Waals surface area contributed by atoms with Crippen LogP contribution in [0, 0.1) is 0 Å². The fourth-order valence-corrected chi connectivity index (χ4v) is 3.39. The minimum Gasteiger partial charge on any atom is -0.354 e. The highest BCUT2D eigenvalue weighted by molar-refractivity contribution is 5.38. The first-order valence-electron chi connectivity index (χ1n) is 7.78. The van der Waals surface area contributed by atoms with Gasteiger partial charge in [0.15, 0.2) is 5.82 Å². The Morgan fingerprint density at radius 3 is 2.80 bits per heavy atom. The van der Waals surface area contributed by atoms with Crippen molar-refractivity contribution in [2.45, 2.75) is 44.8 Å². The molecule has 0 aliphatic carbocycles. The standard InChI is InChI=1S/C15H25N5/c1-3-16-10-12-4-7-15(18-17-12)20-9-8-13-5-6-14(11-20)19(13)2/h4,7,13-14,16H,3,5-6,8-11H2,1-2H3. The summed E-state index contributed by atoms with van der Waals surface area (Å²) in [6.45, 7) is 6.06. The molecule has 3 rings (SSSR count). The summed E-state index contributed by atoms with van der Waals surface area (Å²) in [6, 6.07) is 5.67. The van der Waals surface area contributed by atoms with Gasteiger partial charge in [-0.1, -0.05) is 6.92 Å². The highest BCUT2D eigenvalue weighted by Crippen LogP contribution is 2.29. The van der Waals surface area contributed by atoms with E-state index < -0.39 is 0 Å². The molecular weight excluding hydrogens is 250 g/mol. The predicted molar refractivity (Wildman–Crippen MR) is 80.8 cm³/mol. The van der Waals surface area contributed by atoms with Crippen LogP contribution < -0.4 is 10.2 Å². The van der Waals surface area contributed by atoms with Crippen molar-refractivity contribution in [1.29, 1.82) is 0 Å². The molecule has 20 heavy (non-hydrogen) atoms. The van der Waals surface area contributed by atoms with E-state index in [4.69, 9.17) is 0 Å². The van der Waals surface area contributed by atoms with Gasteiger partial charge in [-0.2, -0.15) is 5.10 Å². The van der Waals surface area contributed by atoms with Gasteiger partial charge in [0.05, 0.1) is 5.69 Å². The average molecular weight is 275 g/mol.